The Morgan fingerprint density at radius 3 is 2.15 bits per heavy atom. The molecule has 238 valence electrons. The first kappa shape index (κ1) is 35.8. The fraction of sp³-hybridized carbons (Fsp3) is 0.233. The summed E-state index contributed by atoms with van der Waals surface area (Å²) in [6.45, 7) is 14.2. The van der Waals surface area contributed by atoms with Crippen LogP contribution in [0.1, 0.15) is 81.3 Å². The van der Waals surface area contributed by atoms with Crippen LogP contribution in [-0.2, 0) is 38.5 Å². The average Bonchev–Trinajstić information content (AvgIpc) is 3.66. The summed E-state index contributed by atoms with van der Waals surface area (Å²) in [6.07, 6.45) is 9.13. The van der Waals surface area contributed by atoms with Gasteiger partial charge in [-0.2, -0.15) is 0 Å². The van der Waals surface area contributed by atoms with Crippen molar-refractivity contribution in [1.82, 2.24) is 0 Å². The zero-order chi connectivity index (χ0) is 31.5. The van der Waals surface area contributed by atoms with Crippen molar-refractivity contribution < 1.29 is 46.1 Å². The van der Waals surface area contributed by atoms with Crippen molar-refractivity contribution in [1.29, 1.82) is 0 Å². The van der Waals surface area contributed by atoms with E-state index in [0.717, 1.165) is 17.9 Å². The van der Waals surface area contributed by atoms with E-state index in [0.29, 0.717) is 0 Å². The summed E-state index contributed by atoms with van der Waals surface area (Å²) in [5.41, 5.74) is 11.5. The van der Waals surface area contributed by atoms with Gasteiger partial charge in [0.25, 0.3) is 0 Å². The molecule has 0 heterocycles. The molecule has 0 bridgehead atoms. The second-order valence-corrected chi connectivity index (χ2v) is 21.0. The molecular weight excluding hydrogens is 714 g/mol. The van der Waals surface area contributed by atoms with Crippen LogP contribution in [0.3, 0.4) is 0 Å². The normalized spacial score (nSPS) is 13.8. The summed E-state index contributed by atoms with van der Waals surface area (Å²) >= 11 is 3.88. The van der Waals surface area contributed by atoms with Gasteiger partial charge in [0.15, 0.2) is 0 Å². The molecule has 0 saturated heterocycles. The van der Waals surface area contributed by atoms with Crippen molar-refractivity contribution in [2.45, 2.75) is 65.2 Å². The molecule has 0 unspecified atom stereocenters. The van der Waals surface area contributed by atoms with Gasteiger partial charge in [-0.25, -0.2) is 0 Å². The summed E-state index contributed by atoms with van der Waals surface area (Å²) in [4.78, 5) is 0. The van der Waals surface area contributed by atoms with Gasteiger partial charge < -0.3 is 24.8 Å². The first-order chi connectivity index (χ1) is 21.5. The van der Waals surface area contributed by atoms with E-state index in [-0.39, 0.29) is 35.6 Å². The van der Waals surface area contributed by atoms with E-state index in [4.69, 9.17) is 11.6 Å². The molecule has 4 heteroatoms. The Bertz CT molecular complexity index is 2080. The van der Waals surface area contributed by atoms with E-state index in [2.05, 4.69) is 151 Å². The van der Waals surface area contributed by atoms with Crippen LogP contribution >= 0.6 is 11.6 Å². The van der Waals surface area contributed by atoms with Gasteiger partial charge in [0, 0.05) is 0 Å². The van der Waals surface area contributed by atoms with E-state index in [1.165, 1.54) is 52.9 Å². The Balaban J connectivity index is 0.00000217. The summed E-state index contributed by atoms with van der Waals surface area (Å²) in [5.74, 6) is 0. The van der Waals surface area contributed by atoms with Gasteiger partial charge in [-0.3, -0.25) is 0 Å². The van der Waals surface area contributed by atoms with Gasteiger partial charge in [0.2, 0.25) is 0 Å². The van der Waals surface area contributed by atoms with Gasteiger partial charge in [-0.1, -0.05) is 0 Å². The molecule has 0 aromatic heterocycles. The smallest absolute Gasteiger partial charge is 1.00 e. The van der Waals surface area contributed by atoms with E-state index < -0.39 is 21.3 Å². The van der Waals surface area contributed by atoms with Crippen LogP contribution in [0.2, 0.25) is 5.02 Å². The number of halogens is 3. The molecule has 0 nitrogen and oxygen atoms in total. The molecule has 0 amide bonds. The van der Waals surface area contributed by atoms with Crippen LogP contribution in [0.5, 0.6) is 0 Å². The molecule has 0 radical (unpaired) electrons. The fourth-order valence-electron chi connectivity index (χ4n) is 7.25. The van der Waals surface area contributed by atoms with Crippen molar-refractivity contribution in [2.24, 2.45) is 0 Å². The number of hydrogen-bond donors (Lipinski definition) is 0. The van der Waals surface area contributed by atoms with E-state index in [9.17, 15) is 0 Å². The first-order valence-electron chi connectivity index (χ1n) is 16.2. The monoisotopic (exact) mass is 752 g/mol. The van der Waals surface area contributed by atoms with Crippen LogP contribution < -0.4 is 28.1 Å². The molecule has 0 spiro atoms. The minimum atomic E-state index is -2.92. The maximum Gasteiger partial charge on any atom is -1.00 e. The van der Waals surface area contributed by atoms with Crippen molar-refractivity contribution in [3.63, 3.8) is 0 Å². The number of benzene rings is 5. The van der Waals surface area contributed by atoms with Gasteiger partial charge in [0.05, 0.1) is 0 Å². The third kappa shape index (κ3) is 6.72. The van der Waals surface area contributed by atoms with Crippen LogP contribution in [0.25, 0.3) is 21.9 Å². The third-order valence-corrected chi connectivity index (χ3v) is 17.5. The van der Waals surface area contributed by atoms with E-state index in [1.54, 1.807) is 12.1 Å². The maximum atomic E-state index is 6.80. The van der Waals surface area contributed by atoms with E-state index in [1.807, 2.05) is 6.07 Å². The molecule has 0 aliphatic heterocycles. The van der Waals surface area contributed by atoms with Gasteiger partial charge in [-0.15, -0.1) is 0 Å². The minimum absolute atomic E-state index is 0. The van der Waals surface area contributed by atoms with Crippen molar-refractivity contribution >= 4 is 28.9 Å². The molecule has 0 atom stereocenters. The third-order valence-electron chi connectivity index (χ3n) is 9.51. The summed E-state index contributed by atoms with van der Waals surface area (Å²) in [7, 11) is 0. The maximum absolute atomic E-state index is 6.80. The molecule has 2 aliphatic carbocycles. The molecule has 5 aromatic rings. The molecular formula is C43H41Cl3Zr. The van der Waals surface area contributed by atoms with Crippen LogP contribution in [0.15, 0.2) is 119 Å². The topological polar surface area (TPSA) is 0 Å². The van der Waals surface area contributed by atoms with Crippen molar-refractivity contribution in [3.8, 4) is 11.1 Å². The Labute approximate surface area is 305 Å². The standard InChI is InChI=1S/C21H25.C17H11Cl.C5H5.2ClH.Zr/c1-20(2,3)16-7-9-18-14(12-16)11-15-13-17(21(4,5)6)8-10-19(15)18;18-16-9-3-5-13(12-16)11-15-8-4-7-14-6-1-2-10-17(14)15;1-2-4-5-3-1;;;/h7-10,12H,11H2,1-6H3;1-10,12H;1-3H,4H2;2*1H;/q;;;;;+2/p-2. The van der Waals surface area contributed by atoms with Gasteiger partial charge in [-0.05, 0) is 0 Å². The van der Waals surface area contributed by atoms with Crippen LogP contribution in [-0.4, -0.2) is 3.21 Å². The summed E-state index contributed by atoms with van der Waals surface area (Å²) in [5, 5.41) is 3.40. The molecule has 0 N–H and O–H groups in total. The average molecular weight is 755 g/mol. The van der Waals surface area contributed by atoms with Crippen LogP contribution in [0.4, 0.5) is 0 Å². The molecule has 2 aliphatic rings. The van der Waals surface area contributed by atoms with Gasteiger partial charge in [0.1, 0.15) is 0 Å². The second kappa shape index (κ2) is 13.8. The quantitative estimate of drug-likeness (QED) is 0.237. The Morgan fingerprint density at radius 2 is 1.45 bits per heavy atom. The van der Waals surface area contributed by atoms with Crippen molar-refractivity contribution in [2.75, 3.05) is 0 Å². The number of hydrogen-bond acceptors (Lipinski definition) is 0. The van der Waals surface area contributed by atoms with Crippen molar-refractivity contribution in [3.05, 3.63) is 157 Å². The fourth-order valence-corrected chi connectivity index (χ4v) is 16.4. The predicted molar refractivity (Wildman–Crippen MR) is 192 cm³/mol. The summed E-state index contributed by atoms with van der Waals surface area (Å²) < 4.78 is 4.82. The largest absolute Gasteiger partial charge is 1.00 e. The molecule has 47 heavy (non-hydrogen) atoms. The Morgan fingerprint density at radius 1 is 0.723 bits per heavy atom. The Kier molecular flexibility index (Phi) is 10.5. The zero-order valence-corrected chi connectivity index (χ0v) is 32.7. The molecule has 7 rings (SSSR count). The SMILES string of the molecule is CC(C)(C)c1ccc2c(c1)Cc1c-2ccc(C(C)(C)C)[c]1/[Zr+2]([C]1=CC=CC1)=[C](\c1cccc(Cl)c1)c1cccc2ccccc12.[Cl-].[Cl-]. The number of rotatable bonds is 4. The van der Waals surface area contributed by atoms with Gasteiger partial charge >= 0.3 is 283 Å². The second-order valence-electron chi connectivity index (χ2n) is 14.7. The first-order valence-corrected chi connectivity index (χ1v) is 20.2. The number of fused-ring (bicyclic) bond motifs is 4. The predicted octanol–water partition coefficient (Wildman–Crippen LogP) is 5.02. The molecule has 0 saturated carbocycles. The molecule has 5 aromatic carbocycles. The minimum Gasteiger partial charge on any atom is -1.00 e. The molecule has 0 fully saturated rings. The van der Waals surface area contributed by atoms with E-state index >= 15 is 0 Å². The Hall–Kier alpha value is -2.54. The zero-order valence-electron chi connectivity index (χ0n) is 28.0. The van der Waals surface area contributed by atoms with Crippen LogP contribution in [0, 0.1) is 0 Å². The summed E-state index contributed by atoms with van der Waals surface area (Å²) in [6, 6.07) is 36.6. The number of allylic oxidation sites excluding steroid dienone is 4.